The van der Waals surface area contributed by atoms with E-state index in [4.69, 9.17) is 0 Å². The summed E-state index contributed by atoms with van der Waals surface area (Å²) in [7, 11) is -2.97. The molecule has 1 aromatic heterocycles. The van der Waals surface area contributed by atoms with Gasteiger partial charge in [0.15, 0.2) is 0 Å². The molecule has 5 nitrogen and oxygen atoms in total. The van der Waals surface area contributed by atoms with Gasteiger partial charge >= 0.3 is 0 Å². The lowest BCUT2D eigenvalue weighted by Crippen LogP contribution is -2.25. The minimum Gasteiger partial charge on any atom is -0.366 e. The zero-order valence-corrected chi connectivity index (χ0v) is 10.8. The van der Waals surface area contributed by atoms with E-state index < -0.39 is 9.84 Å². The summed E-state index contributed by atoms with van der Waals surface area (Å²) in [6, 6.07) is 1.63. The van der Waals surface area contributed by atoms with Crippen LogP contribution in [0, 0.1) is 13.8 Å². The maximum Gasteiger partial charge on any atom is 0.149 e. The van der Waals surface area contributed by atoms with Crippen LogP contribution in [0.1, 0.15) is 18.4 Å². The number of hydrogen-bond acceptors (Lipinski definition) is 5. The summed E-state index contributed by atoms with van der Waals surface area (Å²) in [5, 5.41) is 3.05. The molecule has 0 saturated heterocycles. The van der Waals surface area contributed by atoms with E-state index in [-0.39, 0.29) is 11.8 Å². The van der Waals surface area contributed by atoms with E-state index in [9.17, 15) is 8.42 Å². The molecular weight excluding hydrogens is 226 g/mol. The molecule has 0 bridgehead atoms. The Hall–Kier alpha value is -1.17. The van der Waals surface area contributed by atoms with Gasteiger partial charge in [0.2, 0.25) is 0 Å². The van der Waals surface area contributed by atoms with Crippen molar-refractivity contribution >= 4 is 15.7 Å². The Morgan fingerprint density at radius 2 is 2.00 bits per heavy atom. The highest BCUT2D eigenvalue weighted by molar-refractivity contribution is 7.90. The van der Waals surface area contributed by atoms with E-state index in [2.05, 4.69) is 15.3 Å². The van der Waals surface area contributed by atoms with Crippen LogP contribution in [0.4, 0.5) is 5.82 Å². The van der Waals surface area contributed by atoms with Crippen molar-refractivity contribution < 1.29 is 8.42 Å². The molecule has 1 heterocycles. The molecule has 0 aliphatic heterocycles. The minimum absolute atomic E-state index is 0.0924. The topological polar surface area (TPSA) is 72.0 Å². The fraction of sp³-hybridized carbons (Fsp3) is 0.600. The first kappa shape index (κ1) is 12.9. The molecule has 90 valence electrons. The van der Waals surface area contributed by atoms with Gasteiger partial charge in [0, 0.05) is 24.1 Å². The Labute approximate surface area is 96.2 Å². The number of nitrogens with zero attached hydrogens (tertiary/aromatic N) is 2. The fourth-order valence-corrected chi connectivity index (χ4v) is 2.53. The summed E-state index contributed by atoms with van der Waals surface area (Å²) in [4.78, 5) is 8.33. The third kappa shape index (κ3) is 4.57. The summed E-state index contributed by atoms with van der Waals surface area (Å²) in [5.74, 6) is 1.44. The fourth-order valence-electron chi connectivity index (χ4n) is 1.54. The summed E-state index contributed by atoms with van der Waals surface area (Å²) < 4.78 is 22.2. The molecule has 1 atom stereocenters. The van der Waals surface area contributed by atoms with Crippen LogP contribution < -0.4 is 5.32 Å². The maximum absolute atomic E-state index is 11.1. The highest BCUT2D eigenvalue weighted by Gasteiger charge is 2.11. The maximum atomic E-state index is 11.1. The molecule has 1 N–H and O–H groups in total. The van der Waals surface area contributed by atoms with E-state index in [1.807, 2.05) is 13.8 Å². The summed E-state index contributed by atoms with van der Waals surface area (Å²) >= 11 is 0. The summed E-state index contributed by atoms with van der Waals surface area (Å²) in [6.45, 7) is 5.49. The number of nitrogens with one attached hydrogen (secondary N) is 1. The second kappa shape index (κ2) is 4.78. The lowest BCUT2D eigenvalue weighted by atomic mass is 10.3. The first-order valence-electron chi connectivity index (χ1n) is 5.03. The van der Waals surface area contributed by atoms with Gasteiger partial charge in [0.1, 0.15) is 21.5 Å². The van der Waals surface area contributed by atoms with Crippen molar-refractivity contribution in [3.8, 4) is 0 Å². The van der Waals surface area contributed by atoms with Gasteiger partial charge in [-0.15, -0.1) is 0 Å². The molecule has 0 amide bonds. The Kier molecular flexibility index (Phi) is 3.85. The van der Waals surface area contributed by atoms with Gasteiger partial charge in [-0.2, -0.15) is 0 Å². The third-order valence-corrected chi connectivity index (χ3v) is 3.02. The quantitative estimate of drug-likeness (QED) is 0.852. The monoisotopic (exact) mass is 243 g/mol. The number of rotatable bonds is 4. The first-order valence-corrected chi connectivity index (χ1v) is 7.09. The smallest absolute Gasteiger partial charge is 0.149 e. The van der Waals surface area contributed by atoms with Crippen LogP contribution >= 0.6 is 0 Å². The molecule has 0 aliphatic rings. The van der Waals surface area contributed by atoms with Crippen LogP contribution in [0.15, 0.2) is 6.07 Å². The number of aromatic nitrogens is 2. The van der Waals surface area contributed by atoms with Crippen molar-refractivity contribution in [3.05, 3.63) is 17.6 Å². The second-order valence-electron chi connectivity index (χ2n) is 4.08. The van der Waals surface area contributed by atoms with E-state index in [1.54, 1.807) is 13.0 Å². The number of aryl methyl sites for hydroxylation is 2. The molecule has 0 spiro atoms. The molecular formula is C10H17N3O2S. The lowest BCUT2D eigenvalue weighted by Gasteiger charge is -2.13. The predicted molar refractivity (Wildman–Crippen MR) is 64.3 cm³/mol. The molecule has 0 saturated carbocycles. The van der Waals surface area contributed by atoms with E-state index in [0.717, 1.165) is 5.69 Å². The van der Waals surface area contributed by atoms with Crippen LogP contribution in [0.3, 0.4) is 0 Å². The SMILES string of the molecule is Cc1cc(NC(C)CS(C)(=O)=O)nc(C)n1. The average Bonchev–Trinajstić information content (AvgIpc) is 1.96. The van der Waals surface area contributed by atoms with Crippen molar-refractivity contribution in [3.63, 3.8) is 0 Å². The van der Waals surface area contributed by atoms with Gasteiger partial charge in [-0.05, 0) is 20.8 Å². The van der Waals surface area contributed by atoms with Crippen LogP contribution in [-0.4, -0.2) is 36.4 Å². The zero-order valence-electron chi connectivity index (χ0n) is 9.98. The molecule has 0 aliphatic carbocycles. The average molecular weight is 243 g/mol. The van der Waals surface area contributed by atoms with Gasteiger partial charge in [0.25, 0.3) is 0 Å². The number of sulfone groups is 1. The second-order valence-corrected chi connectivity index (χ2v) is 6.26. The number of hydrogen-bond donors (Lipinski definition) is 1. The molecule has 16 heavy (non-hydrogen) atoms. The molecule has 1 aromatic rings. The van der Waals surface area contributed by atoms with Gasteiger partial charge in [0.05, 0.1) is 5.75 Å². The summed E-state index contributed by atoms with van der Waals surface area (Å²) in [5.41, 5.74) is 0.863. The Balaban J connectivity index is 2.73. The van der Waals surface area contributed by atoms with Crippen molar-refractivity contribution in [2.75, 3.05) is 17.3 Å². The Morgan fingerprint density at radius 3 is 2.50 bits per heavy atom. The van der Waals surface area contributed by atoms with Gasteiger partial charge in [-0.3, -0.25) is 0 Å². The zero-order chi connectivity index (χ0) is 12.3. The molecule has 6 heteroatoms. The van der Waals surface area contributed by atoms with Gasteiger partial charge in [-0.25, -0.2) is 18.4 Å². The van der Waals surface area contributed by atoms with Crippen molar-refractivity contribution in [2.24, 2.45) is 0 Å². The minimum atomic E-state index is -2.97. The highest BCUT2D eigenvalue weighted by Crippen LogP contribution is 2.07. The van der Waals surface area contributed by atoms with Crippen LogP contribution in [0.5, 0.6) is 0 Å². The number of anilines is 1. The largest absolute Gasteiger partial charge is 0.366 e. The van der Waals surface area contributed by atoms with Crippen molar-refractivity contribution in [1.82, 2.24) is 9.97 Å². The predicted octanol–water partition coefficient (Wildman–Crippen LogP) is 0.938. The van der Waals surface area contributed by atoms with Crippen molar-refractivity contribution in [1.29, 1.82) is 0 Å². The lowest BCUT2D eigenvalue weighted by molar-refractivity contribution is 0.598. The Bertz CT molecular complexity index is 451. The van der Waals surface area contributed by atoms with E-state index >= 15 is 0 Å². The van der Waals surface area contributed by atoms with Crippen molar-refractivity contribution in [2.45, 2.75) is 26.8 Å². The van der Waals surface area contributed by atoms with Gasteiger partial charge < -0.3 is 5.32 Å². The first-order chi connectivity index (χ1) is 7.26. The molecule has 1 rings (SSSR count). The standard InChI is InChI=1S/C10H17N3O2S/c1-7-5-10(13-9(3)11-7)12-8(2)6-16(4,14)15/h5,8H,6H2,1-4H3,(H,11,12,13). The van der Waals surface area contributed by atoms with E-state index in [1.165, 1.54) is 6.26 Å². The molecule has 0 radical (unpaired) electrons. The third-order valence-electron chi connectivity index (χ3n) is 1.91. The van der Waals surface area contributed by atoms with Crippen LogP contribution in [0.25, 0.3) is 0 Å². The Morgan fingerprint density at radius 1 is 1.38 bits per heavy atom. The molecule has 1 unspecified atom stereocenters. The highest BCUT2D eigenvalue weighted by atomic mass is 32.2. The van der Waals surface area contributed by atoms with Crippen LogP contribution in [-0.2, 0) is 9.84 Å². The van der Waals surface area contributed by atoms with E-state index in [0.29, 0.717) is 11.6 Å². The normalized spacial score (nSPS) is 13.5. The molecule has 0 aromatic carbocycles. The molecule has 0 fully saturated rings. The summed E-state index contributed by atoms with van der Waals surface area (Å²) in [6.07, 6.45) is 1.22. The van der Waals surface area contributed by atoms with Gasteiger partial charge in [-0.1, -0.05) is 0 Å². The van der Waals surface area contributed by atoms with Crippen LogP contribution in [0.2, 0.25) is 0 Å².